The van der Waals surface area contributed by atoms with E-state index in [1.807, 2.05) is 54.8 Å². The molecule has 1 N–H and O–H groups in total. The summed E-state index contributed by atoms with van der Waals surface area (Å²) >= 11 is 4.92. The summed E-state index contributed by atoms with van der Waals surface area (Å²) in [5, 5.41) is 5.80. The van der Waals surface area contributed by atoms with Crippen molar-refractivity contribution in [2.24, 2.45) is 0 Å². The standard InChI is InChI=1S/C18H16BrN3OS/c1-2-14(19)17(23)21-13-7-5-6-12(10-13)16-11-24-18(22-16)15-8-3-4-9-20-15/h3-11,14H,2H2,1H3,(H,21,23). The van der Waals surface area contributed by atoms with Crippen LogP contribution < -0.4 is 5.32 Å². The molecule has 3 rings (SSSR count). The number of benzene rings is 1. The van der Waals surface area contributed by atoms with E-state index in [0.29, 0.717) is 0 Å². The molecular weight excluding hydrogens is 386 g/mol. The van der Waals surface area contributed by atoms with E-state index < -0.39 is 0 Å². The lowest BCUT2D eigenvalue weighted by atomic mass is 10.1. The summed E-state index contributed by atoms with van der Waals surface area (Å²) in [7, 11) is 0. The Morgan fingerprint density at radius 2 is 2.12 bits per heavy atom. The van der Waals surface area contributed by atoms with E-state index in [1.165, 1.54) is 0 Å². The third-order valence-corrected chi connectivity index (χ3v) is 5.39. The number of halogens is 1. The number of carbonyl (C=O) groups is 1. The molecule has 0 aliphatic carbocycles. The zero-order chi connectivity index (χ0) is 16.9. The van der Waals surface area contributed by atoms with Gasteiger partial charge in [-0.2, -0.15) is 0 Å². The van der Waals surface area contributed by atoms with Gasteiger partial charge in [0.25, 0.3) is 0 Å². The van der Waals surface area contributed by atoms with Crippen molar-refractivity contribution in [3.8, 4) is 22.0 Å². The van der Waals surface area contributed by atoms with Crippen molar-refractivity contribution in [1.82, 2.24) is 9.97 Å². The summed E-state index contributed by atoms with van der Waals surface area (Å²) in [6.45, 7) is 1.96. The number of hydrogen-bond acceptors (Lipinski definition) is 4. The highest BCUT2D eigenvalue weighted by Crippen LogP contribution is 2.29. The predicted octanol–water partition coefficient (Wildman–Crippen LogP) is 4.98. The lowest BCUT2D eigenvalue weighted by molar-refractivity contribution is -0.115. The van der Waals surface area contributed by atoms with Crippen molar-refractivity contribution >= 4 is 38.9 Å². The Morgan fingerprint density at radius 1 is 1.25 bits per heavy atom. The zero-order valence-corrected chi connectivity index (χ0v) is 15.5. The molecule has 0 aliphatic rings. The molecule has 3 aromatic rings. The Kier molecular flexibility index (Phi) is 5.37. The van der Waals surface area contributed by atoms with Crippen LogP contribution in [0.15, 0.2) is 54.0 Å². The van der Waals surface area contributed by atoms with Gasteiger partial charge >= 0.3 is 0 Å². The van der Waals surface area contributed by atoms with Crippen molar-refractivity contribution in [1.29, 1.82) is 0 Å². The van der Waals surface area contributed by atoms with Gasteiger partial charge in [0.15, 0.2) is 0 Å². The number of alkyl halides is 1. The van der Waals surface area contributed by atoms with Crippen LogP contribution in [0.25, 0.3) is 22.0 Å². The molecule has 1 amide bonds. The van der Waals surface area contributed by atoms with Gasteiger partial charge in [-0.05, 0) is 30.7 Å². The van der Waals surface area contributed by atoms with Crippen molar-refractivity contribution < 1.29 is 4.79 Å². The van der Waals surface area contributed by atoms with Crippen LogP contribution in [0.1, 0.15) is 13.3 Å². The van der Waals surface area contributed by atoms with Gasteiger partial charge in [-0.1, -0.05) is 41.1 Å². The van der Waals surface area contributed by atoms with Crippen molar-refractivity contribution in [3.63, 3.8) is 0 Å². The third-order valence-electron chi connectivity index (χ3n) is 3.46. The molecule has 0 saturated carbocycles. The number of thiazole rings is 1. The fraction of sp³-hybridized carbons (Fsp3) is 0.167. The first-order valence-electron chi connectivity index (χ1n) is 7.59. The summed E-state index contributed by atoms with van der Waals surface area (Å²) in [4.78, 5) is 20.8. The molecule has 2 aromatic heterocycles. The molecule has 1 atom stereocenters. The molecule has 24 heavy (non-hydrogen) atoms. The minimum Gasteiger partial charge on any atom is -0.325 e. The molecule has 1 aromatic carbocycles. The fourth-order valence-electron chi connectivity index (χ4n) is 2.18. The largest absolute Gasteiger partial charge is 0.325 e. The highest BCUT2D eigenvalue weighted by atomic mass is 79.9. The Bertz CT molecular complexity index is 835. The summed E-state index contributed by atoms with van der Waals surface area (Å²) in [6, 6.07) is 13.5. The molecule has 0 saturated heterocycles. The van der Waals surface area contributed by atoms with Crippen LogP contribution in [0.5, 0.6) is 0 Å². The van der Waals surface area contributed by atoms with Gasteiger partial charge in [-0.3, -0.25) is 9.78 Å². The molecule has 0 spiro atoms. The molecule has 0 fully saturated rings. The van der Waals surface area contributed by atoms with Crippen LogP contribution in [0.3, 0.4) is 0 Å². The number of pyridine rings is 1. The van der Waals surface area contributed by atoms with Gasteiger partial charge < -0.3 is 5.32 Å². The van der Waals surface area contributed by atoms with Gasteiger partial charge in [0, 0.05) is 22.8 Å². The maximum Gasteiger partial charge on any atom is 0.238 e. The molecule has 6 heteroatoms. The summed E-state index contributed by atoms with van der Waals surface area (Å²) < 4.78 is 0. The summed E-state index contributed by atoms with van der Waals surface area (Å²) in [5.41, 5.74) is 3.47. The van der Waals surface area contributed by atoms with E-state index >= 15 is 0 Å². The molecule has 4 nitrogen and oxygen atoms in total. The molecule has 0 aliphatic heterocycles. The van der Waals surface area contributed by atoms with E-state index in [2.05, 4.69) is 31.2 Å². The van der Waals surface area contributed by atoms with E-state index in [0.717, 1.165) is 34.1 Å². The van der Waals surface area contributed by atoms with Crippen molar-refractivity contribution in [3.05, 3.63) is 54.0 Å². The zero-order valence-electron chi connectivity index (χ0n) is 13.1. The van der Waals surface area contributed by atoms with Crippen LogP contribution >= 0.6 is 27.3 Å². The number of rotatable bonds is 5. The second kappa shape index (κ2) is 7.68. The average Bonchev–Trinajstić information content (AvgIpc) is 3.12. The highest BCUT2D eigenvalue weighted by molar-refractivity contribution is 9.10. The first-order chi connectivity index (χ1) is 11.7. The first kappa shape index (κ1) is 16.8. The average molecular weight is 402 g/mol. The first-order valence-corrected chi connectivity index (χ1v) is 9.39. The monoisotopic (exact) mass is 401 g/mol. The predicted molar refractivity (Wildman–Crippen MR) is 102 cm³/mol. The van der Waals surface area contributed by atoms with Crippen LogP contribution in [-0.4, -0.2) is 20.7 Å². The fourth-order valence-corrected chi connectivity index (χ4v) is 3.09. The van der Waals surface area contributed by atoms with Gasteiger partial charge in [0.05, 0.1) is 16.2 Å². The SMILES string of the molecule is CCC(Br)C(=O)Nc1cccc(-c2csc(-c3ccccn3)n2)c1. The molecule has 2 heterocycles. The second-order valence-electron chi connectivity index (χ2n) is 5.20. The van der Waals surface area contributed by atoms with E-state index in [1.54, 1.807) is 17.5 Å². The van der Waals surface area contributed by atoms with Crippen LogP contribution in [0, 0.1) is 0 Å². The van der Waals surface area contributed by atoms with Gasteiger partial charge in [-0.15, -0.1) is 11.3 Å². The second-order valence-corrected chi connectivity index (χ2v) is 7.16. The Hall–Kier alpha value is -2.05. The Morgan fingerprint density at radius 3 is 2.88 bits per heavy atom. The summed E-state index contributed by atoms with van der Waals surface area (Å²) in [6.07, 6.45) is 2.50. The van der Waals surface area contributed by atoms with E-state index in [-0.39, 0.29) is 10.7 Å². The molecule has 1 unspecified atom stereocenters. The maximum atomic E-state index is 12.0. The third kappa shape index (κ3) is 3.88. The molecular formula is C18H16BrN3OS. The van der Waals surface area contributed by atoms with Crippen molar-refractivity contribution in [2.75, 3.05) is 5.32 Å². The minimum absolute atomic E-state index is 0.0397. The minimum atomic E-state index is -0.184. The normalized spacial score (nSPS) is 11.9. The van der Waals surface area contributed by atoms with Crippen LogP contribution in [-0.2, 0) is 4.79 Å². The van der Waals surface area contributed by atoms with Gasteiger partial charge in [-0.25, -0.2) is 4.98 Å². The number of carbonyl (C=O) groups excluding carboxylic acids is 1. The number of nitrogens with zero attached hydrogens (tertiary/aromatic N) is 2. The molecule has 122 valence electrons. The lowest BCUT2D eigenvalue weighted by Gasteiger charge is -2.09. The number of nitrogens with one attached hydrogen (secondary N) is 1. The smallest absolute Gasteiger partial charge is 0.238 e. The lowest BCUT2D eigenvalue weighted by Crippen LogP contribution is -2.21. The Balaban J connectivity index is 1.82. The Labute approximate surface area is 153 Å². The maximum absolute atomic E-state index is 12.0. The highest BCUT2D eigenvalue weighted by Gasteiger charge is 2.13. The number of aromatic nitrogens is 2. The summed E-state index contributed by atoms with van der Waals surface area (Å²) in [5.74, 6) is -0.0397. The van der Waals surface area contributed by atoms with Gasteiger partial charge in [0.2, 0.25) is 5.91 Å². The van der Waals surface area contributed by atoms with Crippen LogP contribution in [0.2, 0.25) is 0 Å². The van der Waals surface area contributed by atoms with Crippen LogP contribution in [0.4, 0.5) is 5.69 Å². The quantitative estimate of drug-likeness (QED) is 0.612. The molecule has 0 bridgehead atoms. The number of anilines is 1. The number of amides is 1. The van der Waals surface area contributed by atoms with Crippen molar-refractivity contribution in [2.45, 2.75) is 18.2 Å². The molecule has 0 radical (unpaired) electrons. The topological polar surface area (TPSA) is 54.9 Å². The van der Waals surface area contributed by atoms with E-state index in [9.17, 15) is 4.79 Å². The van der Waals surface area contributed by atoms with Gasteiger partial charge in [0.1, 0.15) is 5.01 Å². The van der Waals surface area contributed by atoms with E-state index in [4.69, 9.17) is 0 Å². The number of hydrogen-bond donors (Lipinski definition) is 1.